The second-order valence-corrected chi connectivity index (χ2v) is 2.48. The summed E-state index contributed by atoms with van der Waals surface area (Å²) in [5.41, 5.74) is 0.432. The fraction of sp³-hybridized carbons (Fsp3) is 0.800. The zero-order valence-corrected chi connectivity index (χ0v) is 4.63. The molecule has 0 bridgehead atoms. The Balaban J connectivity index is 2.28. The molecule has 1 rings (SSSR count). The Hall–Kier alpha value is 0.290. The molecular formula is C5H8Cl. The summed E-state index contributed by atoms with van der Waals surface area (Å²) in [5.74, 6) is 1.77. The predicted molar refractivity (Wildman–Crippen MR) is 27.5 cm³/mol. The van der Waals surface area contributed by atoms with Crippen LogP contribution in [0.1, 0.15) is 19.8 Å². The van der Waals surface area contributed by atoms with Gasteiger partial charge >= 0.3 is 0 Å². The molecular weight excluding hydrogens is 95.5 g/mol. The summed E-state index contributed by atoms with van der Waals surface area (Å²) in [4.78, 5) is 0. The van der Waals surface area contributed by atoms with Crippen molar-refractivity contribution < 1.29 is 0 Å². The number of hydrogen-bond acceptors (Lipinski definition) is 0. The van der Waals surface area contributed by atoms with E-state index >= 15 is 0 Å². The first kappa shape index (κ1) is 4.45. The highest BCUT2D eigenvalue weighted by atomic mass is 35.5. The summed E-state index contributed by atoms with van der Waals surface area (Å²) in [7, 11) is 0. The number of hydrogen-bond donors (Lipinski definition) is 0. The van der Waals surface area contributed by atoms with Crippen LogP contribution in [0, 0.1) is 11.3 Å². The van der Waals surface area contributed by atoms with Gasteiger partial charge in [0.25, 0.3) is 0 Å². The van der Waals surface area contributed by atoms with Crippen LogP contribution in [0.15, 0.2) is 0 Å². The van der Waals surface area contributed by atoms with Gasteiger partial charge in [0.2, 0.25) is 0 Å². The quantitative estimate of drug-likeness (QED) is 0.477. The molecule has 6 heavy (non-hydrogen) atoms. The van der Waals surface area contributed by atoms with Gasteiger partial charge in [0, 0.05) is 0 Å². The average Bonchev–Trinajstić information content (AvgIpc) is 2.22. The average molecular weight is 104 g/mol. The van der Waals surface area contributed by atoms with E-state index in [2.05, 4.69) is 6.92 Å². The molecule has 0 nitrogen and oxygen atoms in total. The van der Waals surface area contributed by atoms with Crippen molar-refractivity contribution >= 4 is 11.6 Å². The predicted octanol–water partition coefficient (Wildman–Crippen LogP) is 2.19. The molecule has 0 aliphatic heterocycles. The van der Waals surface area contributed by atoms with Crippen LogP contribution in [0.2, 0.25) is 0 Å². The van der Waals surface area contributed by atoms with E-state index in [-0.39, 0.29) is 0 Å². The molecule has 0 aromatic carbocycles. The molecule has 0 amide bonds. The molecule has 0 atom stereocenters. The number of halogens is 1. The Morgan fingerprint density at radius 2 is 2.17 bits per heavy atom. The van der Waals surface area contributed by atoms with Gasteiger partial charge in [0.15, 0.2) is 0 Å². The Bertz CT molecular complexity index is 55.0. The third-order valence-electron chi connectivity index (χ3n) is 1.30. The molecule has 1 aliphatic carbocycles. The minimum Gasteiger partial charge on any atom is -0.121 e. The van der Waals surface area contributed by atoms with Gasteiger partial charge in [0.05, 0.1) is 5.88 Å². The zero-order valence-electron chi connectivity index (χ0n) is 3.87. The fourth-order valence-corrected chi connectivity index (χ4v) is 0.524. The first-order chi connectivity index (χ1) is 2.77. The summed E-state index contributed by atoms with van der Waals surface area (Å²) in [6.45, 7) is 2.17. The lowest BCUT2D eigenvalue weighted by Gasteiger charge is -1.93. The van der Waals surface area contributed by atoms with E-state index in [1.165, 1.54) is 12.8 Å². The van der Waals surface area contributed by atoms with Gasteiger partial charge in [-0.3, -0.25) is 0 Å². The van der Waals surface area contributed by atoms with Crippen molar-refractivity contribution in [2.75, 3.05) is 0 Å². The van der Waals surface area contributed by atoms with Gasteiger partial charge in [-0.05, 0) is 18.3 Å². The molecule has 0 aromatic rings. The van der Waals surface area contributed by atoms with E-state index in [1.54, 1.807) is 5.88 Å². The molecule has 35 valence electrons. The van der Waals surface area contributed by atoms with E-state index in [9.17, 15) is 0 Å². The maximum absolute atomic E-state index is 5.42. The minimum atomic E-state index is 0.432. The highest BCUT2D eigenvalue weighted by molar-refractivity contribution is 6.23. The molecule has 0 unspecified atom stereocenters. The monoisotopic (exact) mass is 103 g/mol. The number of rotatable bonds is 1. The second-order valence-electron chi connectivity index (χ2n) is 2.26. The van der Waals surface area contributed by atoms with Crippen LogP contribution in [0.25, 0.3) is 0 Å². The molecule has 0 spiro atoms. The van der Waals surface area contributed by atoms with Crippen LogP contribution in [-0.4, -0.2) is 0 Å². The smallest absolute Gasteiger partial charge is 0.0558 e. The van der Waals surface area contributed by atoms with Crippen molar-refractivity contribution in [3.05, 3.63) is 5.88 Å². The van der Waals surface area contributed by atoms with Crippen molar-refractivity contribution in [2.45, 2.75) is 19.8 Å². The second kappa shape index (κ2) is 1.13. The third-order valence-corrected chi connectivity index (χ3v) is 1.83. The standard InChI is InChI=1S/C5H8Cl/c1-5(4-6)2-3-5/h4H,2-3H2,1H3. The van der Waals surface area contributed by atoms with Crippen LogP contribution in [-0.2, 0) is 0 Å². The highest BCUT2D eigenvalue weighted by Gasteiger charge is 2.36. The first-order valence-electron chi connectivity index (χ1n) is 2.21. The summed E-state index contributed by atoms with van der Waals surface area (Å²) in [5, 5.41) is 0. The maximum Gasteiger partial charge on any atom is 0.0558 e. The van der Waals surface area contributed by atoms with E-state index < -0.39 is 0 Å². The Labute approximate surface area is 43.5 Å². The van der Waals surface area contributed by atoms with Gasteiger partial charge < -0.3 is 0 Å². The normalized spacial score (nSPS) is 27.0. The van der Waals surface area contributed by atoms with Crippen LogP contribution in [0.5, 0.6) is 0 Å². The summed E-state index contributed by atoms with van der Waals surface area (Å²) in [6.07, 6.45) is 2.58. The Kier molecular flexibility index (Phi) is 0.836. The molecule has 1 fully saturated rings. The maximum atomic E-state index is 5.42. The molecule has 1 aliphatic rings. The largest absolute Gasteiger partial charge is 0.121 e. The van der Waals surface area contributed by atoms with E-state index in [0.29, 0.717) is 5.41 Å². The van der Waals surface area contributed by atoms with Crippen molar-refractivity contribution in [3.63, 3.8) is 0 Å². The first-order valence-corrected chi connectivity index (χ1v) is 2.65. The highest BCUT2D eigenvalue weighted by Crippen LogP contribution is 2.48. The van der Waals surface area contributed by atoms with Crippen molar-refractivity contribution in [1.29, 1.82) is 0 Å². The molecule has 0 aromatic heterocycles. The van der Waals surface area contributed by atoms with Crippen molar-refractivity contribution in [3.8, 4) is 0 Å². The summed E-state index contributed by atoms with van der Waals surface area (Å²) >= 11 is 5.42. The third kappa shape index (κ3) is 0.676. The molecule has 0 N–H and O–H groups in total. The van der Waals surface area contributed by atoms with Crippen LogP contribution >= 0.6 is 11.6 Å². The van der Waals surface area contributed by atoms with Crippen molar-refractivity contribution in [2.24, 2.45) is 5.41 Å². The van der Waals surface area contributed by atoms with Crippen LogP contribution in [0.3, 0.4) is 0 Å². The van der Waals surface area contributed by atoms with E-state index in [0.717, 1.165) is 0 Å². The lowest BCUT2D eigenvalue weighted by Crippen LogP contribution is -1.83. The molecule has 1 radical (unpaired) electrons. The molecule has 1 heteroatoms. The minimum absolute atomic E-state index is 0.432. The summed E-state index contributed by atoms with van der Waals surface area (Å²) < 4.78 is 0. The van der Waals surface area contributed by atoms with Gasteiger partial charge in [-0.25, -0.2) is 0 Å². The zero-order chi connectivity index (χ0) is 4.62. The fourth-order valence-electron chi connectivity index (χ4n) is 0.306. The van der Waals surface area contributed by atoms with Gasteiger partial charge in [-0.15, -0.1) is 11.6 Å². The lowest BCUT2D eigenvalue weighted by atomic mass is 10.2. The topological polar surface area (TPSA) is 0 Å². The Morgan fingerprint density at radius 3 is 2.17 bits per heavy atom. The molecule has 0 saturated heterocycles. The van der Waals surface area contributed by atoms with Gasteiger partial charge in [-0.2, -0.15) is 0 Å². The van der Waals surface area contributed by atoms with Crippen LogP contribution < -0.4 is 0 Å². The SMILES string of the molecule is CC1([CH]Cl)CC1. The molecule has 0 heterocycles. The Morgan fingerprint density at radius 1 is 1.67 bits per heavy atom. The van der Waals surface area contributed by atoms with E-state index in [4.69, 9.17) is 11.6 Å². The van der Waals surface area contributed by atoms with Gasteiger partial charge in [-0.1, -0.05) is 6.92 Å². The summed E-state index contributed by atoms with van der Waals surface area (Å²) in [6, 6.07) is 0. The van der Waals surface area contributed by atoms with Gasteiger partial charge in [0.1, 0.15) is 0 Å². The van der Waals surface area contributed by atoms with Crippen LogP contribution in [0.4, 0.5) is 0 Å². The van der Waals surface area contributed by atoms with Crippen molar-refractivity contribution in [1.82, 2.24) is 0 Å². The lowest BCUT2D eigenvalue weighted by molar-refractivity contribution is 0.723. The van der Waals surface area contributed by atoms with E-state index in [1.807, 2.05) is 0 Å². The molecule has 1 saturated carbocycles.